The molecule has 0 atom stereocenters. The molecule has 2 aliphatic rings. The molecule has 0 unspecified atom stereocenters. The Labute approximate surface area is 142 Å². The van der Waals surface area contributed by atoms with Crippen LogP contribution in [0.3, 0.4) is 0 Å². The highest BCUT2D eigenvalue weighted by molar-refractivity contribution is 7.14. The van der Waals surface area contributed by atoms with Gasteiger partial charge in [0, 0.05) is 16.6 Å². The van der Waals surface area contributed by atoms with Gasteiger partial charge in [0.15, 0.2) is 18.1 Å². The molecule has 0 spiro atoms. The molecule has 7 heteroatoms. The van der Waals surface area contributed by atoms with Crippen LogP contribution in [0.2, 0.25) is 0 Å². The fourth-order valence-electron chi connectivity index (χ4n) is 2.80. The number of carbonyl (C=O) groups excluding carboxylic acids is 2. The van der Waals surface area contributed by atoms with Crippen molar-refractivity contribution in [3.8, 4) is 11.5 Å². The van der Waals surface area contributed by atoms with Gasteiger partial charge in [-0.15, -0.1) is 11.3 Å². The summed E-state index contributed by atoms with van der Waals surface area (Å²) in [5.74, 6) is 0.379. The molecule has 0 radical (unpaired) electrons. The summed E-state index contributed by atoms with van der Waals surface area (Å²) in [6, 6.07) is 6.98. The first-order valence-corrected chi connectivity index (χ1v) is 8.49. The summed E-state index contributed by atoms with van der Waals surface area (Å²) >= 11 is 1.46. The Morgan fingerprint density at radius 2 is 2.04 bits per heavy atom. The number of aryl methyl sites for hydroxylation is 2. The van der Waals surface area contributed by atoms with Crippen LogP contribution in [0.15, 0.2) is 24.3 Å². The van der Waals surface area contributed by atoms with Gasteiger partial charge in [0.1, 0.15) is 4.88 Å². The molecule has 2 aromatic rings. The normalized spacial score (nSPS) is 14.3. The van der Waals surface area contributed by atoms with Gasteiger partial charge in [0.05, 0.1) is 0 Å². The van der Waals surface area contributed by atoms with E-state index in [1.807, 2.05) is 6.07 Å². The predicted octanol–water partition coefficient (Wildman–Crippen LogP) is 2.76. The van der Waals surface area contributed by atoms with Gasteiger partial charge in [-0.2, -0.15) is 0 Å². The van der Waals surface area contributed by atoms with Gasteiger partial charge in [0.25, 0.3) is 5.91 Å². The Balaban J connectivity index is 1.32. The monoisotopic (exact) mass is 345 g/mol. The van der Waals surface area contributed by atoms with Crippen molar-refractivity contribution in [1.82, 2.24) is 0 Å². The number of benzene rings is 1. The van der Waals surface area contributed by atoms with Crippen LogP contribution in [0.25, 0.3) is 0 Å². The topological polar surface area (TPSA) is 73.9 Å². The van der Waals surface area contributed by atoms with Crippen molar-refractivity contribution in [3.05, 3.63) is 39.6 Å². The van der Waals surface area contributed by atoms with E-state index in [1.54, 1.807) is 18.2 Å². The molecule has 1 aromatic heterocycles. The largest absolute Gasteiger partial charge is 0.454 e. The van der Waals surface area contributed by atoms with Crippen LogP contribution in [-0.4, -0.2) is 25.3 Å². The minimum absolute atomic E-state index is 0.176. The Bertz CT molecular complexity index is 792. The van der Waals surface area contributed by atoms with Crippen LogP contribution in [0, 0.1) is 0 Å². The summed E-state index contributed by atoms with van der Waals surface area (Å²) in [6.45, 7) is -0.148. The van der Waals surface area contributed by atoms with Gasteiger partial charge >= 0.3 is 5.97 Å². The highest BCUT2D eigenvalue weighted by Gasteiger charge is 2.20. The molecular weight excluding hydrogens is 330 g/mol. The Hall–Kier alpha value is -2.54. The third-order valence-corrected chi connectivity index (χ3v) is 5.16. The zero-order chi connectivity index (χ0) is 16.5. The number of fused-ring (bicyclic) bond motifs is 2. The van der Waals surface area contributed by atoms with E-state index in [0.29, 0.717) is 22.1 Å². The fourth-order valence-corrected chi connectivity index (χ4v) is 3.95. The zero-order valence-corrected chi connectivity index (χ0v) is 13.6. The van der Waals surface area contributed by atoms with E-state index in [4.69, 9.17) is 14.2 Å². The fraction of sp³-hybridized carbons (Fsp3) is 0.294. The average Bonchev–Trinajstić information content (AvgIpc) is 3.27. The molecule has 6 nitrogen and oxygen atoms in total. The molecule has 0 saturated heterocycles. The number of thiophene rings is 1. The summed E-state index contributed by atoms with van der Waals surface area (Å²) in [7, 11) is 0. The minimum Gasteiger partial charge on any atom is -0.454 e. The van der Waals surface area contributed by atoms with E-state index < -0.39 is 11.9 Å². The predicted molar refractivity (Wildman–Crippen MR) is 87.8 cm³/mol. The molecule has 4 rings (SSSR count). The molecule has 2 heterocycles. The van der Waals surface area contributed by atoms with Crippen molar-refractivity contribution >= 4 is 28.9 Å². The second-order valence-electron chi connectivity index (χ2n) is 5.60. The molecule has 124 valence electrons. The number of hydrogen-bond donors (Lipinski definition) is 1. The van der Waals surface area contributed by atoms with Crippen molar-refractivity contribution in [1.29, 1.82) is 0 Å². The van der Waals surface area contributed by atoms with Gasteiger partial charge in [-0.3, -0.25) is 4.79 Å². The molecule has 1 N–H and O–H groups in total. The number of carbonyl (C=O) groups is 2. The van der Waals surface area contributed by atoms with E-state index in [1.165, 1.54) is 21.8 Å². The van der Waals surface area contributed by atoms with Crippen LogP contribution in [0.4, 0.5) is 5.69 Å². The maximum atomic E-state index is 12.0. The molecule has 0 bridgehead atoms. The van der Waals surface area contributed by atoms with Crippen LogP contribution < -0.4 is 14.8 Å². The number of amides is 1. The lowest BCUT2D eigenvalue weighted by atomic mass is 10.2. The number of hydrogen-bond acceptors (Lipinski definition) is 6. The van der Waals surface area contributed by atoms with Gasteiger partial charge in [0.2, 0.25) is 6.79 Å². The Kier molecular flexibility index (Phi) is 3.86. The highest BCUT2D eigenvalue weighted by Crippen LogP contribution is 2.34. The van der Waals surface area contributed by atoms with E-state index in [9.17, 15) is 9.59 Å². The van der Waals surface area contributed by atoms with Gasteiger partial charge in [-0.1, -0.05) is 0 Å². The van der Waals surface area contributed by atoms with E-state index >= 15 is 0 Å². The molecule has 1 aromatic carbocycles. The first-order chi connectivity index (χ1) is 11.7. The maximum Gasteiger partial charge on any atom is 0.348 e. The Morgan fingerprint density at radius 1 is 1.17 bits per heavy atom. The number of nitrogens with one attached hydrogen (secondary N) is 1. The zero-order valence-electron chi connectivity index (χ0n) is 12.8. The van der Waals surface area contributed by atoms with Gasteiger partial charge in [-0.25, -0.2) is 4.79 Å². The summed E-state index contributed by atoms with van der Waals surface area (Å²) in [5.41, 5.74) is 1.80. The molecular formula is C17H15NO5S. The number of anilines is 1. The highest BCUT2D eigenvalue weighted by atomic mass is 32.1. The molecule has 0 fully saturated rings. The number of ether oxygens (including phenoxy) is 3. The molecule has 1 aliphatic heterocycles. The quantitative estimate of drug-likeness (QED) is 0.863. The summed E-state index contributed by atoms with van der Waals surface area (Å²) in [5, 5.41) is 2.67. The van der Waals surface area contributed by atoms with Crippen LogP contribution in [0.5, 0.6) is 11.5 Å². The maximum absolute atomic E-state index is 12.0. The minimum atomic E-state index is -0.449. The second kappa shape index (κ2) is 6.16. The van der Waals surface area contributed by atoms with E-state index in [-0.39, 0.29) is 13.4 Å². The first kappa shape index (κ1) is 15.0. The molecule has 1 aliphatic carbocycles. The smallest absolute Gasteiger partial charge is 0.348 e. The lowest BCUT2D eigenvalue weighted by molar-refractivity contribution is -0.119. The second-order valence-corrected chi connectivity index (χ2v) is 6.74. The number of esters is 1. The molecule has 0 saturated carbocycles. The van der Waals surface area contributed by atoms with Crippen LogP contribution in [-0.2, 0) is 22.4 Å². The van der Waals surface area contributed by atoms with Crippen molar-refractivity contribution in [2.75, 3.05) is 18.7 Å². The first-order valence-electron chi connectivity index (χ1n) is 7.67. The summed E-state index contributed by atoms with van der Waals surface area (Å²) in [4.78, 5) is 25.8. The average molecular weight is 345 g/mol. The molecule has 1 amide bonds. The summed E-state index contributed by atoms with van der Waals surface area (Å²) < 4.78 is 15.6. The lowest BCUT2D eigenvalue weighted by Crippen LogP contribution is -2.20. The van der Waals surface area contributed by atoms with Crippen molar-refractivity contribution < 1.29 is 23.8 Å². The van der Waals surface area contributed by atoms with Gasteiger partial charge < -0.3 is 19.5 Å². The van der Waals surface area contributed by atoms with E-state index in [2.05, 4.69) is 5.32 Å². The SMILES string of the molecule is O=C(COC(=O)c1cc2c(s1)CCC2)Nc1ccc2c(c1)OCO2. The lowest BCUT2D eigenvalue weighted by Gasteiger charge is -2.06. The third-order valence-electron chi connectivity index (χ3n) is 3.94. The number of rotatable bonds is 4. The van der Waals surface area contributed by atoms with Crippen LogP contribution >= 0.6 is 11.3 Å². The van der Waals surface area contributed by atoms with Crippen molar-refractivity contribution in [2.45, 2.75) is 19.3 Å². The standard InChI is InChI=1S/C17H15NO5S/c19-16(18-11-4-5-12-13(7-11)23-9-22-12)8-21-17(20)15-6-10-2-1-3-14(10)24-15/h4-7H,1-3,8-9H2,(H,18,19). The van der Waals surface area contributed by atoms with Crippen molar-refractivity contribution in [2.24, 2.45) is 0 Å². The third kappa shape index (κ3) is 2.94. The van der Waals surface area contributed by atoms with Crippen LogP contribution in [0.1, 0.15) is 26.5 Å². The molecule has 24 heavy (non-hydrogen) atoms. The Morgan fingerprint density at radius 3 is 2.92 bits per heavy atom. The van der Waals surface area contributed by atoms with Crippen molar-refractivity contribution in [3.63, 3.8) is 0 Å². The van der Waals surface area contributed by atoms with Gasteiger partial charge in [-0.05, 0) is 43.0 Å². The van der Waals surface area contributed by atoms with E-state index in [0.717, 1.165) is 19.3 Å². The summed E-state index contributed by atoms with van der Waals surface area (Å²) in [6.07, 6.45) is 3.19.